The fourth-order valence-electron chi connectivity index (χ4n) is 3.98. The maximum atomic E-state index is 12.6. The molecule has 1 saturated heterocycles. The van der Waals surface area contributed by atoms with Gasteiger partial charge in [-0.15, -0.1) is 12.4 Å². The molecule has 1 amide bonds. The summed E-state index contributed by atoms with van der Waals surface area (Å²) in [6, 6.07) is 0.686. The highest BCUT2D eigenvalue weighted by molar-refractivity contribution is 5.85. The van der Waals surface area contributed by atoms with Crippen LogP contribution in [-0.4, -0.2) is 54.5 Å². The van der Waals surface area contributed by atoms with Gasteiger partial charge in [-0.2, -0.15) is 0 Å². The number of carbonyl (C=O) groups is 1. The van der Waals surface area contributed by atoms with Crippen LogP contribution in [0.1, 0.15) is 52.9 Å². The maximum Gasteiger partial charge on any atom is 0.236 e. The van der Waals surface area contributed by atoms with Crippen LogP contribution in [0, 0.1) is 11.3 Å². The molecular weight excluding hydrogens is 298 g/mol. The van der Waals surface area contributed by atoms with Crippen molar-refractivity contribution in [3.63, 3.8) is 0 Å². The van der Waals surface area contributed by atoms with E-state index in [1.807, 2.05) is 11.9 Å². The Morgan fingerprint density at radius 3 is 2.50 bits per heavy atom. The predicted molar refractivity (Wildman–Crippen MR) is 94.3 cm³/mol. The van der Waals surface area contributed by atoms with E-state index in [4.69, 9.17) is 5.73 Å². The Hall–Kier alpha value is -0.320. The largest absolute Gasteiger partial charge is 0.341 e. The SMILES string of the molecule is CC1CCCCC1N(C)C(=O)CN1CCC(N)C(C)(C)C1.Cl. The topological polar surface area (TPSA) is 49.6 Å². The number of likely N-dealkylation sites (N-methyl/N-ethyl adjacent to an activating group) is 1. The zero-order valence-corrected chi connectivity index (χ0v) is 15.5. The second-order valence-electron chi connectivity index (χ2n) is 7.93. The van der Waals surface area contributed by atoms with Gasteiger partial charge in [-0.05, 0) is 30.6 Å². The summed E-state index contributed by atoms with van der Waals surface area (Å²) in [4.78, 5) is 16.9. The highest BCUT2D eigenvalue weighted by Gasteiger charge is 2.35. The van der Waals surface area contributed by atoms with Crippen molar-refractivity contribution < 1.29 is 4.79 Å². The third kappa shape index (κ3) is 4.59. The van der Waals surface area contributed by atoms with Gasteiger partial charge in [-0.1, -0.05) is 33.6 Å². The van der Waals surface area contributed by atoms with Gasteiger partial charge in [0, 0.05) is 32.2 Å². The lowest BCUT2D eigenvalue weighted by molar-refractivity contribution is -0.135. The first-order valence-corrected chi connectivity index (χ1v) is 8.55. The number of hydrogen-bond acceptors (Lipinski definition) is 3. The second-order valence-corrected chi connectivity index (χ2v) is 7.93. The van der Waals surface area contributed by atoms with Crippen LogP contribution in [0.4, 0.5) is 0 Å². The van der Waals surface area contributed by atoms with Crippen LogP contribution in [0.15, 0.2) is 0 Å². The van der Waals surface area contributed by atoms with Gasteiger partial charge in [0.05, 0.1) is 6.54 Å². The van der Waals surface area contributed by atoms with E-state index in [-0.39, 0.29) is 29.8 Å². The lowest BCUT2D eigenvalue weighted by atomic mass is 9.79. The average Bonchev–Trinajstić information content (AvgIpc) is 2.42. The van der Waals surface area contributed by atoms with E-state index in [9.17, 15) is 4.79 Å². The van der Waals surface area contributed by atoms with Crippen molar-refractivity contribution in [2.45, 2.75) is 65.0 Å². The molecule has 0 aromatic rings. The van der Waals surface area contributed by atoms with Crippen molar-refractivity contribution in [2.24, 2.45) is 17.1 Å². The summed E-state index contributed by atoms with van der Waals surface area (Å²) in [7, 11) is 2.00. The van der Waals surface area contributed by atoms with Crippen molar-refractivity contribution in [1.82, 2.24) is 9.80 Å². The van der Waals surface area contributed by atoms with Crippen LogP contribution in [-0.2, 0) is 4.79 Å². The van der Waals surface area contributed by atoms with E-state index >= 15 is 0 Å². The standard InChI is InChI=1S/C17H33N3O.ClH/c1-13-7-5-6-8-14(13)19(4)16(21)11-20-10-9-15(18)17(2,3)12-20;/h13-15H,5-12,18H2,1-4H3;1H. The summed E-state index contributed by atoms with van der Waals surface area (Å²) in [6.07, 6.45) is 5.99. The molecule has 1 heterocycles. The van der Waals surface area contributed by atoms with E-state index in [1.165, 1.54) is 25.7 Å². The highest BCUT2D eigenvalue weighted by Crippen LogP contribution is 2.29. The van der Waals surface area contributed by atoms with Gasteiger partial charge < -0.3 is 10.6 Å². The molecule has 0 aromatic heterocycles. The minimum atomic E-state index is 0. The van der Waals surface area contributed by atoms with Crippen LogP contribution in [0.2, 0.25) is 0 Å². The van der Waals surface area contributed by atoms with Crippen molar-refractivity contribution in [2.75, 3.05) is 26.7 Å². The van der Waals surface area contributed by atoms with Crippen LogP contribution in [0.3, 0.4) is 0 Å². The molecule has 3 atom stereocenters. The van der Waals surface area contributed by atoms with Crippen molar-refractivity contribution in [3.8, 4) is 0 Å². The number of likely N-dealkylation sites (tertiary alicyclic amines) is 1. The predicted octanol–water partition coefficient (Wildman–Crippen LogP) is 2.50. The Labute approximate surface area is 142 Å². The van der Waals surface area contributed by atoms with Crippen molar-refractivity contribution in [1.29, 1.82) is 0 Å². The Morgan fingerprint density at radius 2 is 1.91 bits per heavy atom. The van der Waals surface area contributed by atoms with Crippen molar-refractivity contribution in [3.05, 3.63) is 0 Å². The van der Waals surface area contributed by atoms with Crippen molar-refractivity contribution >= 4 is 18.3 Å². The molecule has 1 aliphatic carbocycles. The van der Waals surface area contributed by atoms with Crippen LogP contribution >= 0.6 is 12.4 Å². The van der Waals surface area contributed by atoms with Gasteiger partial charge in [-0.25, -0.2) is 0 Å². The number of amides is 1. The lowest BCUT2D eigenvalue weighted by Gasteiger charge is -2.43. The molecule has 2 aliphatic rings. The number of halogens is 1. The van der Waals surface area contributed by atoms with E-state index in [0.29, 0.717) is 18.5 Å². The quantitative estimate of drug-likeness (QED) is 0.864. The fourth-order valence-corrected chi connectivity index (χ4v) is 3.98. The Bertz CT molecular complexity index is 375. The number of carbonyl (C=O) groups excluding carboxylic acids is 1. The molecule has 0 aromatic carbocycles. The summed E-state index contributed by atoms with van der Waals surface area (Å²) in [5.41, 5.74) is 6.28. The normalized spacial score (nSPS) is 32.1. The van der Waals surface area contributed by atoms with E-state index in [1.54, 1.807) is 0 Å². The first-order valence-electron chi connectivity index (χ1n) is 8.55. The number of nitrogens with zero attached hydrogens (tertiary/aromatic N) is 2. The smallest absolute Gasteiger partial charge is 0.236 e. The highest BCUT2D eigenvalue weighted by atomic mass is 35.5. The monoisotopic (exact) mass is 331 g/mol. The van der Waals surface area contributed by atoms with Crippen LogP contribution in [0.25, 0.3) is 0 Å². The molecule has 0 bridgehead atoms. The molecule has 1 aliphatic heterocycles. The molecule has 5 heteroatoms. The molecule has 1 saturated carbocycles. The molecule has 2 fully saturated rings. The second kappa shape index (κ2) is 7.98. The fraction of sp³-hybridized carbons (Fsp3) is 0.941. The Kier molecular flexibility index (Phi) is 7.16. The Morgan fingerprint density at radius 1 is 1.27 bits per heavy atom. The van der Waals surface area contributed by atoms with Gasteiger partial charge in [0.25, 0.3) is 0 Å². The summed E-state index contributed by atoms with van der Waals surface area (Å²) < 4.78 is 0. The number of nitrogens with two attached hydrogens (primary N) is 1. The van der Waals surface area contributed by atoms with Gasteiger partial charge in [0.1, 0.15) is 0 Å². The Balaban J connectivity index is 0.00000242. The summed E-state index contributed by atoms with van der Waals surface area (Å²) in [6.45, 7) is 9.13. The van der Waals surface area contributed by atoms with E-state index in [2.05, 4.69) is 25.7 Å². The molecule has 0 radical (unpaired) electrons. The zero-order valence-electron chi connectivity index (χ0n) is 14.7. The third-order valence-electron chi connectivity index (χ3n) is 5.71. The maximum absolute atomic E-state index is 12.6. The molecule has 3 unspecified atom stereocenters. The summed E-state index contributed by atoms with van der Waals surface area (Å²) in [5.74, 6) is 0.916. The van der Waals surface area contributed by atoms with Crippen LogP contribution in [0.5, 0.6) is 0 Å². The average molecular weight is 332 g/mol. The van der Waals surface area contributed by atoms with Gasteiger partial charge >= 0.3 is 0 Å². The molecule has 0 spiro atoms. The van der Waals surface area contributed by atoms with E-state index < -0.39 is 0 Å². The molecule has 4 nitrogen and oxygen atoms in total. The number of hydrogen-bond donors (Lipinski definition) is 1. The first kappa shape index (κ1) is 19.7. The molecule has 22 heavy (non-hydrogen) atoms. The minimum Gasteiger partial charge on any atom is -0.341 e. The lowest BCUT2D eigenvalue weighted by Crippen LogP contribution is -2.55. The molecule has 2 rings (SSSR count). The van der Waals surface area contributed by atoms with E-state index in [0.717, 1.165) is 19.5 Å². The number of rotatable bonds is 3. The first-order chi connectivity index (χ1) is 9.81. The zero-order chi connectivity index (χ0) is 15.6. The molecular formula is C17H34ClN3O. The third-order valence-corrected chi connectivity index (χ3v) is 5.71. The van der Waals surface area contributed by atoms with Gasteiger partial charge in [0.15, 0.2) is 0 Å². The number of piperidine rings is 1. The van der Waals surface area contributed by atoms with Gasteiger partial charge in [-0.3, -0.25) is 9.69 Å². The molecule has 130 valence electrons. The summed E-state index contributed by atoms with van der Waals surface area (Å²) >= 11 is 0. The van der Waals surface area contributed by atoms with Gasteiger partial charge in [0.2, 0.25) is 5.91 Å². The summed E-state index contributed by atoms with van der Waals surface area (Å²) in [5, 5.41) is 0. The minimum absolute atomic E-state index is 0. The molecule has 2 N–H and O–H groups in total. The van der Waals surface area contributed by atoms with Crippen LogP contribution < -0.4 is 5.73 Å².